The summed E-state index contributed by atoms with van der Waals surface area (Å²) in [5.41, 5.74) is 1.10. The molecule has 0 spiro atoms. The van der Waals surface area contributed by atoms with E-state index >= 15 is 0 Å². The first-order chi connectivity index (χ1) is 11.4. The van der Waals surface area contributed by atoms with Crippen molar-refractivity contribution in [2.45, 2.75) is 20.3 Å². The van der Waals surface area contributed by atoms with E-state index in [9.17, 15) is 14.4 Å². The van der Waals surface area contributed by atoms with Gasteiger partial charge in [-0.15, -0.1) is 0 Å². The van der Waals surface area contributed by atoms with Gasteiger partial charge in [-0.2, -0.15) is 0 Å². The molecule has 7 nitrogen and oxygen atoms in total. The molecule has 0 aromatic heterocycles. The van der Waals surface area contributed by atoms with Gasteiger partial charge in [0.05, 0.1) is 5.92 Å². The number of nitrogens with one attached hydrogen (secondary N) is 2. The third-order valence-corrected chi connectivity index (χ3v) is 3.89. The van der Waals surface area contributed by atoms with E-state index in [1.807, 2.05) is 13.8 Å². The molecule has 0 radical (unpaired) electrons. The number of carbonyl (C=O) groups excluding carboxylic acids is 2. The first kappa shape index (κ1) is 17.8. The first-order valence-corrected chi connectivity index (χ1v) is 8.04. The van der Waals surface area contributed by atoms with E-state index in [2.05, 4.69) is 10.6 Å². The number of amides is 3. The van der Waals surface area contributed by atoms with E-state index in [1.54, 1.807) is 24.3 Å². The SMILES string of the molecule is CC(C)CNC(=O)c1ccc(NC(=O)N2CCC(C(=O)O)C2)cc1. The Morgan fingerprint density at radius 1 is 1.25 bits per heavy atom. The van der Waals surface area contributed by atoms with Crippen LogP contribution in [-0.2, 0) is 4.79 Å². The number of carboxylic acids is 1. The Morgan fingerprint density at radius 2 is 1.92 bits per heavy atom. The lowest BCUT2D eigenvalue weighted by molar-refractivity contribution is -0.141. The molecular weight excluding hydrogens is 310 g/mol. The van der Waals surface area contributed by atoms with Crippen LogP contribution in [-0.4, -0.2) is 47.5 Å². The maximum Gasteiger partial charge on any atom is 0.321 e. The minimum Gasteiger partial charge on any atom is -0.481 e. The fraction of sp³-hybridized carbons (Fsp3) is 0.471. The molecular formula is C17H23N3O4. The number of urea groups is 1. The molecule has 7 heteroatoms. The number of hydrogen-bond donors (Lipinski definition) is 3. The summed E-state index contributed by atoms with van der Waals surface area (Å²) in [6, 6.07) is 6.29. The number of benzene rings is 1. The Bertz CT molecular complexity index is 613. The van der Waals surface area contributed by atoms with Crippen LogP contribution in [0, 0.1) is 11.8 Å². The third-order valence-electron chi connectivity index (χ3n) is 3.89. The topological polar surface area (TPSA) is 98.7 Å². The van der Waals surface area contributed by atoms with Crippen molar-refractivity contribution >= 4 is 23.6 Å². The molecule has 2 rings (SSSR count). The molecule has 0 aliphatic carbocycles. The zero-order valence-corrected chi connectivity index (χ0v) is 13.9. The zero-order valence-electron chi connectivity index (χ0n) is 13.9. The van der Waals surface area contributed by atoms with Gasteiger partial charge in [-0.3, -0.25) is 9.59 Å². The highest BCUT2D eigenvalue weighted by atomic mass is 16.4. The van der Waals surface area contributed by atoms with Gasteiger partial charge in [0, 0.05) is 30.9 Å². The molecule has 1 fully saturated rings. The van der Waals surface area contributed by atoms with Crippen LogP contribution in [0.3, 0.4) is 0 Å². The van der Waals surface area contributed by atoms with Crippen molar-refractivity contribution in [1.82, 2.24) is 10.2 Å². The monoisotopic (exact) mass is 333 g/mol. The van der Waals surface area contributed by atoms with E-state index in [-0.39, 0.29) is 18.5 Å². The summed E-state index contributed by atoms with van der Waals surface area (Å²) >= 11 is 0. The summed E-state index contributed by atoms with van der Waals surface area (Å²) in [4.78, 5) is 36.5. The van der Waals surface area contributed by atoms with Crippen LogP contribution in [0.2, 0.25) is 0 Å². The summed E-state index contributed by atoms with van der Waals surface area (Å²) in [5, 5.41) is 14.5. The lowest BCUT2D eigenvalue weighted by Crippen LogP contribution is -2.33. The van der Waals surface area contributed by atoms with Crippen molar-refractivity contribution in [2.75, 3.05) is 25.0 Å². The average Bonchev–Trinajstić information content (AvgIpc) is 3.03. The van der Waals surface area contributed by atoms with Crippen LogP contribution in [0.25, 0.3) is 0 Å². The number of likely N-dealkylation sites (tertiary alicyclic amines) is 1. The molecule has 3 N–H and O–H groups in total. The molecule has 1 aliphatic heterocycles. The Hall–Kier alpha value is -2.57. The molecule has 1 atom stereocenters. The maximum atomic E-state index is 12.1. The number of anilines is 1. The molecule has 1 heterocycles. The quantitative estimate of drug-likeness (QED) is 0.767. The lowest BCUT2D eigenvalue weighted by Gasteiger charge is -2.17. The van der Waals surface area contributed by atoms with Crippen molar-refractivity contribution in [3.63, 3.8) is 0 Å². The van der Waals surface area contributed by atoms with Crippen LogP contribution in [0.1, 0.15) is 30.6 Å². The fourth-order valence-corrected chi connectivity index (χ4v) is 2.45. The van der Waals surface area contributed by atoms with Gasteiger partial charge in [0.25, 0.3) is 5.91 Å². The van der Waals surface area contributed by atoms with E-state index < -0.39 is 11.9 Å². The molecule has 1 aromatic carbocycles. The Kier molecular flexibility index (Phi) is 5.78. The van der Waals surface area contributed by atoms with Crippen LogP contribution in [0.5, 0.6) is 0 Å². The van der Waals surface area contributed by atoms with Gasteiger partial charge in [-0.1, -0.05) is 13.8 Å². The van der Waals surface area contributed by atoms with Crippen LogP contribution < -0.4 is 10.6 Å². The van der Waals surface area contributed by atoms with Gasteiger partial charge in [0.1, 0.15) is 0 Å². The summed E-state index contributed by atoms with van der Waals surface area (Å²) in [6.45, 7) is 5.30. The Morgan fingerprint density at radius 3 is 2.46 bits per heavy atom. The first-order valence-electron chi connectivity index (χ1n) is 8.04. The molecule has 1 aromatic rings. The van der Waals surface area contributed by atoms with Crippen LogP contribution in [0.4, 0.5) is 10.5 Å². The third kappa shape index (κ3) is 4.71. The number of aliphatic carboxylic acids is 1. The lowest BCUT2D eigenvalue weighted by atomic mass is 10.1. The van der Waals surface area contributed by atoms with Crippen molar-refractivity contribution < 1.29 is 19.5 Å². The Labute approximate surface area is 141 Å². The highest BCUT2D eigenvalue weighted by Crippen LogP contribution is 2.18. The van der Waals surface area contributed by atoms with Gasteiger partial charge >= 0.3 is 12.0 Å². The minimum absolute atomic E-state index is 0.148. The highest BCUT2D eigenvalue weighted by Gasteiger charge is 2.30. The molecule has 0 saturated carbocycles. The molecule has 1 unspecified atom stereocenters. The van der Waals surface area contributed by atoms with Crippen LogP contribution >= 0.6 is 0 Å². The second-order valence-electron chi connectivity index (χ2n) is 6.38. The van der Waals surface area contributed by atoms with Gasteiger partial charge < -0.3 is 20.6 Å². The molecule has 130 valence electrons. The summed E-state index contributed by atoms with van der Waals surface area (Å²) < 4.78 is 0. The van der Waals surface area contributed by atoms with Crippen molar-refractivity contribution in [2.24, 2.45) is 11.8 Å². The van der Waals surface area contributed by atoms with Crippen molar-refractivity contribution in [1.29, 1.82) is 0 Å². The summed E-state index contributed by atoms with van der Waals surface area (Å²) in [6.07, 6.45) is 0.470. The summed E-state index contributed by atoms with van der Waals surface area (Å²) in [7, 11) is 0. The molecule has 24 heavy (non-hydrogen) atoms. The van der Waals surface area contributed by atoms with E-state index in [1.165, 1.54) is 4.90 Å². The second kappa shape index (κ2) is 7.81. The van der Waals surface area contributed by atoms with Gasteiger partial charge in [-0.25, -0.2) is 4.79 Å². The predicted molar refractivity (Wildman–Crippen MR) is 89.9 cm³/mol. The highest BCUT2D eigenvalue weighted by molar-refractivity contribution is 5.95. The normalized spacial score (nSPS) is 17.0. The van der Waals surface area contributed by atoms with Crippen molar-refractivity contribution in [3.8, 4) is 0 Å². The molecule has 1 aliphatic rings. The largest absolute Gasteiger partial charge is 0.481 e. The minimum atomic E-state index is -0.873. The Balaban J connectivity index is 1.88. The number of rotatable bonds is 5. The number of carboxylic acid groups (broad SMARTS) is 1. The zero-order chi connectivity index (χ0) is 17.7. The second-order valence-corrected chi connectivity index (χ2v) is 6.38. The smallest absolute Gasteiger partial charge is 0.321 e. The molecule has 1 saturated heterocycles. The van der Waals surface area contributed by atoms with Crippen LogP contribution in [0.15, 0.2) is 24.3 Å². The van der Waals surface area contributed by atoms with Gasteiger partial charge in [-0.05, 0) is 36.6 Å². The van der Waals surface area contributed by atoms with E-state index in [0.717, 1.165) is 0 Å². The average molecular weight is 333 g/mol. The standard InChI is InChI=1S/C17H23N3O4/c1-11(2)9-18-15(21)12-3-5-14(6-4-12)19-17(24)20-8-7-13(10-20)16(22)23/h3-6,11,13H,7-10H2,1-2H3,(H,18,21)(H,19,24)(H,22,23). The van der Waals surface area contributed by atoms with E-state index in [0.29, 0.717) is 36.7 Å². The summed E-state index contributed by atoms with van der Waals surface area (Å²) in [5.74, 6) is -1.14. The maximum absolute atomic E-state index is 12.1. The fourth-order valence-electron chi connectivity index (χ4n) is 2.45. The number of carbonyl (C=O) groups is 3. The van der Waals surface area contributed by atoms with Gasteiger partial charge in [0.2, 0.25) is 0 Å². The van der Waals surface area contributed by atoms with Gasteiger partial charge in [0.15, 0.2) is 0 Å². The molecule has 0 bridgehead atoms. The number of hydrogen-bond acceptors (Lipinski definition) is 3. The number of nitrogens with zero attached hydrogens (tertiary/aromatic N) is 1. The molecule has 3 amide bonds. The van der Waals surface area contributed by atoms with Crippen molar-refractivity contribution in [3.05, 3.63) is 29.8 Å². The predicted octanol–water partition coefficient (Wildman–Crippen LogP) is 2.01. The van der Waals surface area contributed by atoms with E-state index in [4.69, 9.17) is 5.11 Å².